The minimum absolute atomic E-state index is 0.746. The highest BCUT2D eigenvalue weighted by atomic mass is 14.0. The van der Waals surface area contributed by atoms with E-state index in [4.69, 9.17) is 0 Å². The Morgan fingerprint density at radius 2 is 1.94 bits per heavy atom. The molecule has 16 heavy (non-hydrogen) atoms. The van der Waals surface area contributed by atoms with Crippen LogP contribution in [0.3, 0.4) is 0 Å². The van der Waals surface area contributed by atoms with Crippen LogP contribution in [0.15, 0.2) is 42.5 Å². The summed E-state index contributed by atoms with van der Waals surface area (Å²) < 4.78 is 0. The molecule has 0 saturated carbocycles. The third kappa shape index (κ3) is 5.75. The van der Waals surface area contributed by atoms with Crippen molar-refractivity contribution in [1.29, 1.82) is 0 Å². The zero-order valence-corrected chi connectivity index (χ0v) is 10.7. The summed E-state index contributed by atoms with van der Waals surface area (Å²) in [6, 6.07) is 10.7. The molecule has 0 aromatic heterocycles. The molecule has 1 aromatic carbocycles. The van der Waals surface area contributed by atoms with Crippen LogP contribution < -0.4 is 0 Å². The molecule has 1 atom stereocenters. The van der Waals surface area contributed by atoms with Crippen LogP contribution >= 0.6 is 0 Å². The van der Waals surface area contributed by atoms with Gasteiger partial charge in [-0.05, 0) is 30.7 Å². The zero-order valence-electron chi connectivity index (χ0n) is 10.7. The second-order valence-corrected chi connectivity index (χ2v) is 4.57. The van der Waals surface area contributed by atoms with Crippen molar-refractivity contribution in [2.24, 2.45) is 5.92 Å². The summed E-state index contributed by atoms with van der Waals surface area (Å²) in [6.07, 6.45) is 11.0. The number of unbranched alkanes of at least 4 members (excludes halogenated alkanes) is 1. The Morgan fingerprint density at radius 1 is 1.19 bits per heavy atom. The quantitative estimate of drug-likeness (QED) is 0.562. The molecule has 1 aromatic rings. The first-order valence-corrected chi connectivity index (χ1v) is 6.53. The lowest BCUT2D eigenvalue weighted by Gasteiger charge is -2.03. The molecule has 0 amide bonds. The minimum Gasteiger partial charge on any atom is -0.0879 e. The van der Waals surface area contributed by atoms with Crippen molar-refractivity contribution in [2.75, 3.05) is 0 Å². The second kappa shape index (κ2) is 8.15. The standard InChI is InChI=1S/C16H24/c1-3-4-10-15(2)11-8-9-14-16-12-6-5-7-13-16/h5-8,11-13,15H,3-4,9-10,14H2,1-2H3/b11-8+/t15-/m1/s1. The molecular weight excluding hydrogens is 192 g/mol. The van der Waals surface area contributed by atoms with Crippen LogP contribution in [0.5, 0.6) is 0 Å². The molecule has 0 radical (unpaired) electrons. The van der Waals surface area contributed by atoms with Gasteiger partial charge in [0.05, 0.1) is 0 Å². The number of rotatable bonds is 7. The Labute approximate surface area is 100 Å². The van der Waals surface area contributed by atoms with Crippen LogP contribution in [0.25, 0.3) is 0 Å². The Morgan fingerprint density at radius 3 is 2.62 bits per heavy atom. The Kier molecular flexibility index (Phi) is 6.64. The van der Waals surface area contributed by atoms with Crippen molar-refractivity contribution >= 4 is 0 Å². The second-order valence-electron chi connectivity index (χ2n) is 4.57. The predicted molar refractivity (Wildman–Crippen MR) is 72.6 cm³/mol. The molecule has 0 fully saturated rings. The first kappa shape index (κ1) is 13.0. The fraction of sp³-hybridized carbons (Fsp3) is 0.500. The summed E-state index contributed by atoms with van der Waals surface area (Å²) >= 11 is 0. The monoisotopic (exact) mass is 216 g/mol. The van der Waals surface area contributed by atoms with Gasteiger partial charge in [0, 0.05) is 0 Å². The van der Waals surface area contributed by atoms with E-state index in [2.05, 4.69) is 56.3 Å². The molecule has 0 aliphatic carbocycles. The highest BCUT2D eigenvalue weighted by Crippen LogP contribution is 2.10. The van der Waals surface area contributed by atoms with E-state index >= 15 is 0 Å². The lowest BCUT2D eigenvalue weighted by Crippen LogP contribution is -1.89. The van der Waals surface area contributed by atoms with Gasteiger partial charge in [0.1, 0.15) is 0 Å². The summed E-state index contributed by atoms with van der Waals surface area (Å²) in [5.41, 5.74) is 1.44. The number of allylic oxidation sites excluding steroid dienone is 2. The molecule has 1 rings (SSSR count). The van der Waals surface area contributed by atoms with Crippen LogP contribution in [0.4, 0.5) is 0 Å². The van der Waals surface area contributed by atoms with E-state index in [-0.39, 0.29) is 0 Å². The van der Waals surface area contributed by atoms with Gasteiger partial charge >= 0.3 is 0 Å². The molecule has 0 spiro atoms. The van der Waals surface area contributed by atoms with Gasteiger partial charge in [-0.3, -0.25) is 0 Å². The van der Waals surface area contributed by atoms with E-state index < -0.39 is 0 Å². The summed E-state index contributed by atoms with van der Waals surface area (Å²) in [5, 5.41) is 0. The fourth-order valence-corrected chi connectivity index (χ4v) is 1.85. The highest BCUT2D eigenvalue weighted by Gasteiger charge is 1.95. The Hall–Kier alpha value is -1.04. The average Bonchev–Trinajstić information content (AvgIpc) is 2.33. The first-order valence-electron chi connectivity index (χ1n) is 6.53. The van der Waals surface area contributed by atoms with E-state index in [1.807, 2.05) is 0 Å². The van der Waals surface area contributed by atoms with Crippen molar-refractivity contribution in [3.8, 4) is 0 Å². The Bertz CT molecular complexity index is 284. The van der Waals surface area contributed by atoms with Crippen molar-refractivity contribution < 1.29 is 0 Å². The molecule has 0 saturated heterocycles. The van der Waals surface area contributed by atoms with Gasteiger partial charge in [0.2, 0.25) is 0 Å². The number of hydrogen-bond acceptors (Lipinski definition) is 0. The lowest BCUT2D eigenvalue weighted by atomic mass is 10.0. The molecule has 0 aliphatic rings. The molecule has 0 unspecified atom stereocenters. The summed E-state index contributed by atoms with van der Waals surface area (Å²) in [4.78, 5) is 0. The van der Waals surface area contributed by atoms with E-state index in [1.165, 1.54) is 31.2 Å². The zero-order chi connectivity index (χ0) is 11.6. The van der Waals surface area contributed by atoms with Crippen molar-refractivity contribution in [3.63, 3.8) is 0 Å². The summed E-state index contributed by atoms with van der Waals surface area (Å²) in [6.45, 7) is 4.57. The summed E-state index contributed by atoms with van der Waals surface area (Å²) in [7, 11) is 0. The number of benzene rings is 1. The molecule has 88 valence electrons. The van der Waals surface area contributed by atoms with Gasteiger partial charge in [-0.25, -0.2) is 0 Å². The molecule has 0 bridgehead atoms. The maximum Gasteiger partial charge on any atom is -0.0244 e. The summed E-state index contributed by atoms with van der Waals surface area (Å²) in [5.74, 6) is 0.746. The van der Waals surface area contributed by atoms with Crippen LogP contribution in [0.1, 0.15) is 45.1 Å². The van der Waals surface area contributed by atoms with Gasteiger partial charge in [-0.1, -0.05) is 69.2 Å². The van der Waals surface area contributed by atoms with Crippen LogP contribution in [-0.4, -0.2) is 0 Å². The van der Waals surface area contributed by atoms with Crippen molar-refractivity contribution in [1.82, 2.24) is 0 Å². The van der Waals surface area contributed by atoms with E-state index in [0.29, 0.717) is 0 Å². The van der Waals surface area contributed by atoms with Gasteiger partial charge in [0.15, 0.2) is 0 Å². The van der Waals surface area contributed by atoms with E-state index in [1.54, 1.807) is 0 Å². The predicted octanol–water partition coefficient (Wildman–Crippen LogP) is 5.00. The third-order valence-corrected chi connectivity index (χ3v) is 2.92. The van der Waals surface area contributed by atoms with Gasteiger partial charge < -0.3 is 0 Å². The molecular formula is C16H24. The van der Waals surface area contributed by atoms with Crippen LogP contribution in [0, 0.1) is 5.92 Å². The largest absolute Gasteiger partial charge is 0.0879 e. The normalized spacial score (nSPS) is 13.1. The van der Waals surface area contributed by atoms with Gasteiger partial charge in [0.25, 0.3) is 0 Å². The third-order valence-electron chi connectivity index (χ3n) is 2.92. The van der Waals surface area contributed by atoms with Gasteiger partial charge in [-0.2, -0.15) is 0 Å². The van der Waals surface area contributed by atoms with E-state index in [0.717, 1.165) is 12.3 Å². The maximum atomic E-state index is 2.37. The Balaban J connectivity index is 2.17. The average molecular weight is 216 g/mol. The molecule has 0 nitrogen and oxygen atoms in total. The van der Waals surface area contributed by atoms with Crippen molar-refractivity contribution in [3.05, 3.63) is 48.0 Å². The van der Waals surface area contributed by atoms with E-state index in [9.17, 15) is 0 Å². The van der Waals surface area contributed by atoms with Crippen LogP contribution in [-0.2, 0) is 6.42 Å². The number of hydrogen-bond donors (Lipinski definition) is 0. The molecule has 0 aliphatic heterocycles. The smallest absolute Gasteiger partial charge is 0.0244 e. The van der Waals surface area contributed by atoms with Crippen LogP contribution in [0.2, 0.25) is 0 Å². The van der Waals surface area contributed by atoms with Crippen molar-refractivity contribution in [2.45, 2.75) is 46.0 Å². The number of aryl methyl sites for hydroxylation is 1. The van der Waals surface area contributed by atoms with Gasteiger partial charge in [-0.15, -0.1) is 0 Å². The SMILES string of the molecule is CCCC[C@@H](C)/C=C/CCc1ccccc1. The molecule has 0 heteroatoms. The lowest BCUT2D eigenvalue weighted by molar-refractivity contribution is 0.596. The molecule has 0 N–H and O–H groups in total. The fourth-order valence-electron chi connectivity index (χ4n) is 1.85. The first-order chi connectivity index (χ1) is 7.83. The minimum atomic E-state index is 0.746. The maximum absolute atomic E-state index is 2.37. The topological polar surface area (TPSA) is 0 Å². The highest BCUT2D eigenvalue weighted by molar-refractivity contribution is 5.15. The molecule has 0 heterocycles.